The van der Waals surface area contributed by atoms with Gasteiger partial charge in [-0.3, -0.25) is 4.79 Å². The molecule has 0 aromatic carbocycles. The Bertz CT molecular complexity index is 323. The third-order valence-corrected chi connectivity index (χ3v) is 3.53. The maximum atomic E-state index is 11.8. The topological polar surface area (TPSA) is 64.7 Å². The summed E-state index contributed by atoms with van der Waals surface area (Å²) in [5.41, 5.74) is 0. The minimum Gasteiger partial charge on any atom is -0.355 e. The smallest absolute Gasteiger partial charge is 0.319 e. The number of urea groups is 1. The first-order valence-electron chi connectivity index (χ1n) is 7.39. The molecule has 1 saturated heterocycles. The molecule has 6 nitrogen and oxygen atoms in total. The van der Waals surface area contributed by atoms with E-state index in [1.54, 1.807) is 19.0 Å². The molecule has 1 rings (SSSR count). The van der Waals surface area contributed by atoms with Crippen LogP contribution >= 0.6 is 0 Å². The van der Waals surface area contributed by atoms with E-state index >= 15 is 0 Å². The molecule has 0 bridgehead atoms. The maximum Gasteiger partial charge on any atom is 0.319 e. The van der Waals surface area contributed by atoms with Crippen LogP contribution in [0.25, 0.3) is 0 Å². The highest BCUT2D eigenvalue weighted by Crippen LogP contribution is 2.11. The van der Waals surface area contributed by atoms with Crippen LogP contribution in [0.15, 0.2) is 0 Å². The summed E-state index contributed by atoms with van der Waals surface area (Å²) in [6.07, 6.45) is 1.94. The molecule has 116 valence electrons. The van der Waals surface area contributed by atoms with Crippen molar-refractivity contribution < 1.29 is 9.59 Å². The summed E-state index contributed by atoms with van der Waals surface area (Å²) in [6.45, 7) is 6.82. The Morgan fingerprint density at radius 2 is 1.80 bits per heavy atom. The summed E-state index contributed by atoms with van der Waals surface area (Å²) >= 11 is 0. The Balaban J connectivity index is 2.14. The van der Waals surface area contributed by atoms with Crippen LogP contribution in [-0.4, -0.2) is 68.1 Å². The summed E-state index contributed by atoms with van der Waals surface area (Å²) in [5, 5.41) is 6.33. The van der Waals surface area contributed by atoms with Gasteiger partial charge in [-0.05, 0) is 12.8 Å². The third kappa shape index (κ3) is 5.36. The zero-order valence-electron chi connectivity index (χ0n) is 13.1. The number of hydrogen-bond donors (Lipinski definition) is 2. The average Bonchev–Trinajstić information content (AvgIpc) is 2.43. The van der Waals surface area contributed by atoms with Crippen LogP contribution < -0.4 is 10.6 Å². The Hall–Kier alpha value is -1.30. The molecule has 1 aliphatic heterocycles. The van der Waals surface area contributed by atoms with Crippen molar-refractivity contribution in [3.05, 3.63) is 0 Å². The van der Waals surface area contributed by atoms with Crippen LogP contribution in [0.1, 0.15) is 26.7 Å². The molecule has 6 heteroatoms. The van der Waals surface area contributed by atoms with Gasteiger partial charge in [0.15, 0.2) is 0 Å². The van der Waals surface area contributed by atoms with Crippen LogP contribution in [0.4, 0.5) is 4.79 Å². The molecule has 0 atom stereocenters. The number of nitrogens with zero attached hydrogens (tertiary/aromatic N) is 2. The van der Waals surface area contributed by atoms with E-state index in [0.717, 1.165) is 32.5 Å². The molecule has 0 radical (unpaired) electrons. The Morgan fingerprint density at radius 3 is 2.30 bits per heavy atom. The number of carbonyl (C=O) groups excluding carboxylic acids is 2. The second kappa shape index (κ2) is 8.09. The van der Waals surface area contributed by atoms with Gasteiger partial charge in [0.2, 0.25) is 5.91 Å². The summed E-state index contributed by atoms with van der Waals surface area (Å²) < 4.78 is 0. The van der Waals surface area contributed by atoms with Crippen molar-refractivity contribution in [3.63, 3.8) is 0 Å². The van der Waals surface area contributed by atoms with Gasteiger partial charge in [0.25, 0.3) is 0 Å². The monoisotopic (exact) mass is 284 g/mol. The molecule has 0 aromatic rings. The second-order valence-corrected chi connectivity index (χ2v) is 5.84. The fourth-order valence-corrected chi connectivity index (χ4v) is 2.22. The van der Waals surface area contributed by atoms with Gasteiger partial charge in [0, 0.05) is 52.2 Å². The summed E-state index contributed by atoms with van der Waals surface area (Å²) in [5.74, 6) is 0.133. The van der Waals surface area contributed by atoms with Gasteiger partial charge < -0.3 is 20.4 Å². The van der Waals surface area contributed by atoms with Gasteiger partial charge in [-0.1, -0.05) is 13.8 Å². The van der Waals surface area contributed by atoms with E-state index in [1.165, 1.54) is 0 Å². The van der Waals surface area contributed by atoms with Crippen LogP contribution in [0.2, 0.25) is 0 Å². The average molecular weight is 284 g/mol. The highest BCUT2D eigenvalue weighted by molar-refractivity contribution is 5.77. The predicted molar refractivity (Wildman–Crippen MR) is 79.5 cm³/mol. The Morgan fingerprint density at radius 1 is 1.20 bits per heavy atom. The lowest BCUT2D eigenvalue weighted by Gasteiger charge is -2.34. The number of nitrogens with one attached hydrogen (secondary N) is 2. The minimum absolute atomic E-state index is 0.0373. The number of hydrogen-bond acceptors (Lipinski definition) is 3. The quantitative estimate of drug-likeness (QED) is 0.722. The van der Waals surface area contributed by atoms with Crippen molar-refractivity contribution >= 4 is 11.9 Å². The third-order valence-electron chi connectivity index (χ3n) is 3.53. The molecule has 20 heavy (non-hydrogen) atoms. The van der Waals surface area contributed by atoms with Gasteiger partial charge in [-0.25, -0.2) is 4.79 Å². The van der Waals surface area contributed by atoms with Crippen molar-refractivity contribution in [3.8, 4) is 0 Å². The van der Waals surface area contributed by atoms with Crippen LogP contribution in [0.3, 0.4) is 0 Å². The van der Waals surface area contributed by atoms with E-state index in [0.29, 0.717) is 12.6 Å². The molecule has 1 fully saturated rings. The lowest BCUT2D eigenvalue weighted by molar-refractivity contribution is -0.123. The predicted octanol–water partition coefficient (Wildman–Crippen LogP) is 0.494. The van der Waals surface area contributed by atoms with E-state index < -0.39 is 0 Å². The minimum atomic E-state index is 0.0373. The van der Waals surface area contributed by atoms with Crippen LogP contribution in [0, 0.1) is 5.92 Å². The van der Waals surface area contributed by atoms with Crippen molar-refractivity contribution in [2.24, 2.45) is 5.92 Å². The maximum absolute atomic E-state index is 11.8. The van der Waals surface area contributed by atoms with Gasteiger partial charge in [-0.2, -0.15) is 0 Å². The van der Waals surface area contributed by atoms with Gasteiger partial charge in [0.1, 0.15) is 0 Å². The Labute approximate surface area is 121 Å². The second-order valence-electron chi connectivity index (χ2n) is 5.84. The van der Waals surface area contributed by atoms with Crippen LogP contribution in [-0.2, 0) is 4.79 Å². The van der Waals surface area contributed by atoms with E-state index in [4.69, 9.17) is 0 Å². The largest absolute Gasteiger partial charge is 0.355 e. The van der Waals surface area contributed by atoms with E-state index in [1.807, 2.05) is 18.7 Å². The first-order valence-corrected chi connectivity index (χ1v) is 7.39. The normalized spacial score (nSPS) is 16.4. The van der Waals surface area contributed by atoms with Gasteiger partial charge >= 0.3 is 6.03 Å². The number of amides is 3. The van der Waals surface area contributed by atoms with E-state index in [2.05, 4.69) is 10.6 Å². The van der Waals surface area contributed by atoms with Crippen molar-refractivity contribution in [2.45, 2.75) is 32.7 Å². The van der Waals surface area contributed by atoms with Crippen molar-refractivity contribution in [1.82, 2.24) is 20.4 Å². The zero-order valence-corrected chi connectivity index (χ0v) is 13.1. The molecule has 3 amide bonds. The fraction of sp³-hybridized carbons (Fsp3) is 0.857. The molecule has 1 aliphatic rings. The molecule has 2 N–H and O–H groups in total. The lowest BCUT2D eigenvalue weighted by atomic mass is 10.1. The highest BCUT2D eigenvalue weighted by Gasteiger charge is 2.23. The van der Waals surface area contributed by atoms with Crippen molar-refractivity contribution in [1.29, 1.82) is 0 Å². The molecule has 0 aliphatic carbocycles. The van der Waals surface area contributed by atoms with Gasteiger partial charge in [-0.15, -0.1) is 0 Å². The molecular weight excluding hydrogens is 256 g/mol. The first-order chi connectivity index (χ1) is 9.41. The first kappa shape index (κ1) is 16.8. The van der Waals surface area contributed by atoms with E-state index in [-0.39, 0.29) is 17.9 Å². The Kier molecular flexibility index (Phi) is 6.78. The standard InChI is InChI=1S/C14H28N4O2/c1-11(2)13(19)16-8-7-15-12-5-9-18(10-6-12)14(20)17(3)4/h11-12,15H,5-10H2,1-4H3,(H,16,19). The molecule has 0 unspecified atom stereocenters. The van der Waals surface area contributed by atoms with Crippen LogP contribution in [0.5, 0.6) is 0 Å². The number of carbonyl (C=O) groups is 2. The van der Waals surface area contributed by atoms with E-state index in [9.17, 15) is 9.59 Å². The molecule has 0 aromatic heterocycles. The number of rotatable bonds is 5. The number of likely N-dealkylation sites (tertiary alicyclic amines) is 1. The van der Waals surface area contributed by atoms with Gasteiger partial charge in [0.05, 0.1) is 0 Å². The molecular formula is C14H28N4O2. The number of piperidine rings is 1. The SMILES string of the molecule is CC(C)C(=O)NCCNC1CCN(C(=O)N(C)C)CC1. The molecule has 1 heterocycles. The summed E-state index contributed by atoms with van der Waals surface area (Å²) in [7, 11) is 3.56. The molecule has 0 spiro atoms. The van der Waals surface area contributed by atoms with Crippen molar-refractivity contribution in [2.75, 3.05) is 40.3 Å². The zero-order chi connectivity index (χ0) is 15.1. The fourth-order valence-electron chi connectivity index (χ4n) is 2.22. The summed E-state index contributed by atoms with van der Waals surface area (Å²) in [6, 6.07) is 0.532. The highest BCUT2D eigenvalue weighted by atomic mass is 16.2. The lowest BCUT2D eigenvalue weighted by Crippen LogP contribution is -2.49. The molecule has 0 saturated carbocycles. The summed E-state index contributed by atoms with van der Waals surface area (Å²) in [4.78, 5) is 26.7.